The summed E-state index contributed by atoms with van der Waals surface area (Å²) in [5.41, 5.74) is 5.69. The smallest absolute Gasteiger partial charge is 0.384 e. The average molecular weight is 288 g/mol. The third kappa shape index (κ3) is 3.52. The van der Waals surface area contributed by atoms with Crippen LogP contribution in [0.5, 0.6) is 0 Å². The molecule has 2 rings (SSSR count). The van der Waals surface area contributed by atoms with Crippen molar-refractivity contribution in [1.82, 2.24) is 9.97 Å². The van der Waals surface area contributed by atoms with E-state index in [4.69, 9.17) is 5.73 Å². The van der Waals surface area contributed by atoms with Gasteiger partial charge in [0.1, 0.15) is 11.6 Å². The van der Waals surface area contributed by atoms with Gasteiger partial charge in [-0.05, 0) is 24.7 Å². The number of rotatable bonds is 1. The summed E-state index contributed by atoms with van der Waals surface area (Å²) in [5, 5.41) is 0. The van der Waals surface area contributed by atoms with E-state index in [1.165, 1.54) is 6.07 Å². The quantitative estimate of drug-likeness (QED) is 0.862. The Labute approximate surface area is 116 Å². The van der Waals surface area contributed by atoms with E-state index in [9.17, 15) is 13.2 Å². The minimum absolute atomic E-state index is 0.147. The Morgan fingerprint density at radius 3 is 2.55 bits per heavy atom. The van der Waals surface area contributed by atoms with Crippen molar-refractivity contribution >= 4 is 11.6 Å². The molecule has 2 N–H and O–H groups in total. The highest BCUT2D eigenvalue weighted by molar-refractivity contribution is 5.47. The summed E-state index contributed by atoms with van der Waals surface area (Å²) in [6.07, 6.45) is -1.68. The molecule has 0 spiro atoms. The third-order valence-corrected chi connectivity index (χ3v) is 3.65. The summed E-state index contributed by atoms with van der Waals surface area (Å²) >= 11 is 0. The SMILES string of the molecule is CC1(C)CCCN(c2cc(N)nc(C(F)(F)F)n2)CC1. The lowest BCUT2D eigenvalue weighted by atomic mass is 9.85. The molecule has 1 fully saturated rings. The summed E-state index contributed by atoms with van der Waals surface area (Å²) in [4.78, 5) is 8.76. The van der Waals surface area contributed by atoms with Gasteiger partial charge in [-0.1, -0.05) is 13.8 Å². The largest absolute Gasteiger partial charge is 0.451 e. The zero-order valence-electron chi connectivity index (χ0n) is 11.7. The number of aromatic nitrogens is 2. The molecule has 1 aromatic heterocycles. The van der Waals surface area contributed by atoms with Crippen LogP contribution in [-0.2, 0) is 6.18 Å². The molecular formula is C13H19F3N4. The maximum Gasteiger partial charge on any atom is 0.451 e. The van der Waals surface area contributed by atoms with Gasteiger partial charge in [-0.3, -0.25) is 0 Å². The summed E-state index contributed by atoms with van der Waals surface area (Å²) in [5.74, 6) is -1.05. The van der Waals surface area contributed by atoms with Crippen molar-refractivity contribution in [1.29, 1.82) is 0 Å². The standard InChI is InChI=1S/C13H19F3N4/c1-12(2)4-3-6-20(7-5-12)10-8-9(17)18-11(19-10)13(14,15)16/h8H,3-7H2,1-2H3,(H2,17,18,19). The molecule has 0 radical (unpaired) electrons. The number of anilines is 2. The van der Waals surface area contributed by atoms with Gasteiger partial charge in [-0.2, -0.15) is 13.2 Å². The van der Waals surface area contributed by atoms with Crippen LogP contribution in [0.2, 0.25) is 0 Å². The highest BCUT2D eigenvalue weighted by Gasteiger charge is 2.36. The van der Waals surface area contributed by atoms with Crippen LogP contribution in [-0.4, -0.2) is 23.1 Å². The van der Waals surface area contributed by atoms with Crippen molar-refractivity contribution < 1.29 is 13.2 Å². The van der Waals surface area contributed by atoms with Crippen molar-refractivity contribution in [2.24, 2.45) is 5.41 Å². The fraction of sp³-hybridized carbons (Fsp3) is 0.692. The number of nitrogens with zero attached hydrogens (tertiary/aromatic N) is 3. The molecule has 1 aliphatic heterocycles. The molecule has 0 saturated carbocycles. The zero-order valence-corrected chi connectivity index (χ0v) is 11.7. The number of nitrogens with two attached hydrogens (primary N) is 1. The summed E-state index contributed by atoms with van der Waals surface area (Å²) in [7, 11) is 0. The first-order valence-corrected chi connectivity index (χ1v) is 6.64. The van der Waals surface area contributed by atoms with E-state index < -0.39 is 12.0 Å². The Morgan fingerprint density at radius 2 is 1.90 bits per heavy atom. The van der Waals surface area contributed by atoms with Crippen LogP contribution in [0, 0.1) is 5.41 Å². The molecule has 0 unspecified atom stereocenters. The van der Waals surface area contributed by atoms with E-state index in [0.29, 0.717) is 13.1 Å². The lowest BCUT2D eigenvalue weighted by Crippen LogP contribution is -2.27. The van der Waals surface area contributed by atoms with Crippen LogP contribution in [0.1, 0.15) is 38.9 Å². The van der Waals surface area contributed by atoms with Crippen LogP contribution < -0.4 is 10.6 Å². The second-order valence-electron chi connectivity index (χ2n) is 5.98. The molecule has 0 atom stereocenters. The molecule has 0 amide bonds. The molecular weight excluding hydrogens is 269 g/mol. The van der Waals surface area contributed by atoms with Gasteiger partial charge in [0, 0.05) is 19.2 Å². The van der Waals surface area contributed by atoms with Gasteiger partial charge >= 0.3 is 6.18 Å². The molecule has 20 heavy (non-hydrogen) atoms. The molecule has 1 aromatic rings. The summed E-state index contributed by atoms with van der Waals surface area (Å²) < 4.78 is 38.2. The maximum atomic E-state index is 12.7. The van der Waals surface area contributed by atoms with Gasteiger partial charge in [0.15, 0.2) is 0 Å². The summed E-state index contributed by atoms with van der Waals surface area (Å²) in [6.45, 7) is 5.72. The molecule has 4 nitrogen and oxygen atoms in total. The first kappa shape index (κ1) is 14.9. The minimum Gasteiger partial charge on any atom is -0.384 e. The summed E-state index contributed by atoms with van der Waals surface area (Å²) in [6, 6.07) is 1.41. The van der Waals surface area contributed by atoms with Crippen LogP contribution in [0.25, 0.3) is 0 Å². The van der Waals surface area contributed by atoms with Crippen molar-refractivity contribution in [3.05, 3.63) is 11.9 Å². The monoisotopic (exact) mass is 288 g/mol. The predicted molar refractivity (Wildman–Crippen MR) is 71.3 cm³/mol. The second kappa shape index (κ2) is 5.10. The Balaban J connectivity index is 2.26. The fourth-order valence-electron chi connectivity index (χ4n) is 2.39. The van der Waals surface area contributed by atoms with E-state index >= 15 is 0 Å². The number of alkyl halides is 3. The van der Waals surface area contributed by atoms with Gasteiger partial charge in [-0.15, -0.1) is 0 Å². The lowest BCUT2D eigenvalue weighted by Gasteiger charge is -2.24. The van der Waals surface area contributed by atoms with Crippen LogP contribution in [0.3, 0.4) is 0 Å². The molecule has 1 saturated heterocycles. The van der Waals surface area contributed by atoms with Crippen LogP contribution in [0.15, 0.2) is 6.07 Å². The normalized spacial score (nSPS) is 19.8. The average Bonchev–Trinajstić information content (AvgIpc) is 2.48. The van der Waals surface area contributed by atoms with Crippen LogP contribution >= 0.6 is 0 Å². The van der Waals surface area contributed by atoms with Gasteiger partial charge in [-0.25, -0.2) is 9.97 Å². The number of halogens is 3. The second-order valence-corrected chi connectivity index (χ2v) is 5.98. The molecule has 1 aliphatic rings. The van der Waals surface area contributed by atoms with Gasteiger partial charge in [0.25, 0.3) is 0 Å². The molecule has 112 valence electrons. The topological polar surface area (TPSA) is 55.0 Å². The molecule has 7 heteroatoms. The van der Waals surface area contributed by atoms with Crippen molar-refractivity contribution in [2.75, 3.05) is 23.7 Å². The third-order valence-electron chi connectivity index (χ3n) is 3.65. The first-order valence-electron chi connectivity index (χ1n) is 6.64. The Hall–Kier alpha value is -1.53. The molecule has 2 heterocycles. The first-order chi connectivity index (χ1) is 9.17. The predicted octanol–water partition coefficient (Wildman–Crippen LogP) is 3.09. The van der Waals surface area contributed by atoms with E-state index in [0.717, 1.165) is 19.3 Å². The van der Waals surface area contributed by atoms with Gasteiger partial charge in [0.2, 0.25) is 5.82 Å². The van der Waals surface area contributed by atoms with E-state index in [1.54, 1.807) is 0 Å². The van der Waals surface area contributed by atoms with E-state index in [1.807, 2.05) is 4.90 Å². The number of hydrogen-bond acceptors (Lipinski definition) is 4. The Bertz CT molecular complexity index is 485. The zero-order chi connectivity index (χ0) is 15.0. The fourth-order valence-corrected chi connectivity index (χ4v) is 2.39. The Morgan fingerprint density at radius 1 is 1.20 bits per heavy atom. The highest BCUT2D eigenvalue weighted by atomic mass is 19.4. The van der Waals surface area contributed by atoms with Crippen molar-refractivity contribution in [2.45, 2.75) is 39.3 Å². The van der Waals surface area contributed by atoms with Gasteiger partial charge in [0.05, 0.1) is 0 Å². The molecule has 0 bridgehead atoms. The minimum atomic E-state index is -4.57. The van der Waals surface area contributed by atoms with E-state index in [-0.39, 0.29) is 17.1 Å². The maximum absolute atomic E-state index is 12.7. The number of nitrogen functional groups attached to an aromatic ring is 1. The Kier molecular flexibility index (Phi) is 3.80. The van der Waals surface area contributed by atoms with E-state index in [2.05, 4.69) is 23.8 Å². The molecule has 0 aromatic carbocycles. The van der Waals surface area contributed by atoms with Crippen molar-refractivity contribution in [3.63, 3.8) is 0 Å². The van der Waals surface area contributed by atoms with Crippen molar-refractivity contribution in [3.8, 4) is 0 Å². The lowest BCUT2D eigenvalue weighted by molar-refractivity contribution is -0.144. The van der Waals surface area contributed by atoms with Gasteiger partial charge < -0.3 is 10.6 Å². The number of hydrogen-bond donors (Lipinski definition) is 1. The highest BCUT2D eigenvalue weighted by Crippen LogP contribution is 2.33. The van der Waals surface area contributed by atoms with Crippen LogP contribution in [0.4, 0.5) is 24.8 Å². The molecule has 0 aliphatic carbocycles.